The van der Waals surface area contributed by atoms with E-state index in [2.05, 4.69) is 4.99 Å². The van der Waals surface area contributed by atoms with Crippen molar-refractivity contribution in [1.82, 2.24) is 0 Å². The lowest BCUT2D eigenvalue weighted by molar-refractivity contribution is -0.113. The second-order valence-electron chi connectivity index (χ2n) is 3.01. The van der Waals surface area contributed by atoms with Crippen LogP contribution in [0.4, 0.5) is 0 Å². The summed E-state index contributed by atoms with van der Waals surface area (Å²) in [5, 5.41) is 9.58. The van der Waals surface area contributed by atoms with E-state index in [0.29, 0.717) is 11.5 Å². The van der Waals surface area contributed by atoms with E-state index < -0.39 is 11.8 Å². The summed E-state index contributed by atoms with van der Waals surface area (Å²) in [5.74, 6) is -0.275. The van der Waals surface area contributed by atoms with Gasteiger partial charge in [-0.2, -0.15) is 0 Å². The first-order valence-electron chi connectivity index (χ1n) is 4.17. The number of fused-ring (bicyclic) bond motifs is 1. The molecular weight excluding hydrogens is 182 g/mol. The lowest BCUT2D eigenvalue weighted by Gasteiger charge is -2.23. The molecule has 0 fully saturated rings. The maximum atomic E-state index is 11.0. The number of aliphatic imine (C=N–C) groups is 1. The van der Waals surface area contributed by atoms with E-state index in [1.54, 1.807) is 18.2 Å². The largest absolute Gasteiger partial charge is 0.511 e. The van der Waals surface area contributed by atoms with Gasteiger partial charge in [0.15, 0.2) is 0 Å². The lowest BCUT2D eigenvalue weighted by Crippen LogP contribution is -2.25. The molecule has 0 saturated heterocycles. The van der Waals surface area contributed by atoms with E-state index in [-0.39, 0.29) is 5.76 Å². The molecule has 1 amide bonds. The van der Waals surface area contributed by atoms with Gasteiger partial charge in [-0.3, -0.25) is 4.79 Å². The normalized spacial score (nSPS) is 24.8. The van der Waals surface area contributed by atoms with Crippen LogP contribution in [0.15, 0.2) is 40.8 Å². The van der Waals surface area contributed by atoms with E-state index in [1.807, 2.05) is 0 Å². The van der Waals surface area contributed by atoms with Crippen LogP contribution in [0.3, 0.4) is 0 Å². The summed E-state index contributed by atoms with van der Waals surface area (Å²) >= 11 is 0. The summed E-state index contributed by atoms with van der Waals surface area (Å²) < 4.78 is 5.08. The molecule has 1 atom stereocenters. The smallest absolute Gasteiger partial charge is 0.273 e. The molecule has 2 rings (SSSR count). The van der Waals surface area contributed by atoms with Crippen LogP contribution in [-0.2, 0) is 9.53 Å². The summed E-state index contributed by atoms with van der Waals surface area (Å²) in [4.78, 5) is 14.8. The van der Waals surface area contributed by atoms with Crippen molar-refractivity contribution >= 4 is 11.6 Å². The molecule has 1 N–H and O–H groups in total. The predicted molar refractivity (Wildman–Crippen MR) is 50.9 cm³/mol. The van der Waals surface area contributed by atoms with Crippen molar-refractivity contribution in [2.45, 2.75) is 0 Å². The van der Waals surface area contributed by atoms with Crippen LogP contribution >= 0.6 is 0 Å². The molecule has 2 aliphatic rings. The summed E-state index contributed by atoms with van der Waals surface area (Å²) in [6, 6.07) is 0. The number of hydrogen-bond donors (Lipinski definition) is 1. The van der Waals surface area contributed by atoms with Gasteiger partial charge in [-0.15, -0.1) is 0 Å². The Morgan fingerprint density at radius 1 is 1.57 bits per heavy atom. The number of nitrogens with zero attached hydrogens (tertiary/aromatic N) is 1. The molecule has 0 aromatic rings. The highest BCUT2D eigenvalue weighted by molar-refractivity contribution is 6.12. The average Bonchev–Trinajstić information content (AvgIpc) is 2.16. The molecule has 0 aromatic carbocycles. The number of aliphatic hydroxyl groups excluding tert-OH is 1. The molecule has 4 nitrogen and oxygen atoms in total. The van der Waals surface area contributed by atoms with Gasteiger partial charge in [-0.25, -0.2) is 4.99 Å². The van der Waals surface area contributed by atoms with Gasteiger partial charge in [-0.05, 0) is 12.2 Å². The predicted octanol–water partition coefficient (Wildman–Crippen LogP) is 1.13. The topological polar surface area (TPSA) is 58.9 Å². The third-order valence-electron chi connectivity index (χ3n) is 2.15. The number of amides is 1. The number of hydrogen-bond acceptors (Lipinski definition) is 3. The van der Waals surface area contributed by atoms with Gasteiger partial charge in [0, 0.05) is 6.08 Å². The van der Waals surface area contributed by atoms with E-state index in [9.17, 15) is 9.90 Å². The number of dihydropyridines is 1. The highest BCUT2D eigenvalue weighted by atomic mass is 16.5. The summed E-state index contributed by atoms with van der Waals surface area (Å²) in [6.07, 6.45) is 6.28. The zero-order valence-corrected chi connectivity index (χ0v) is 7.60. The van der Waals surface area contributed by atoms with Gasteiger partial charge in [0.25, 0.3) is 5.91 Å². The van der Waals surface area contributed by atoms with Gasteiger partial charge in [0.05, 0.1) is 12.8 Å². The minimum Gasteiger partial charge on any atom is -0.511 e. The Hall–Kier alpha value is -1.84. The number of aliphatic hydroxyl groups is 1. The number of methoxy groups -OCH3 is 1. The van der Waals surface area contributed by atoms with Gasteiger partial charge in [-0.1, -0.05) is 6.08 Å². The fourth-order valence-electron chi connectivity index (χ4n) is 1.53. The first kappa shape index (κ1) is 8.74. The SMILES string of the molecule is COC1=CC=CC2=NC(=O)C=C(O)C12. The highest BCUT2D eigenvalue weighted by Crippen LogP contribution is 2.27. The van der Waals surface area contributed by atoms with Crippen molar-refractivity contribution in [2.75, 3.05) is 7.11 Å². The second kappa shape index (κ2) is 3.14. The molecule has 1 aliphatic heterocycles. The molecule has 1 heterocycles. The number of carbonyl (C=O) groups is 1. The van der Waals surface area contributed by atoms with Crippen LogP contribution in [-0.4, -0.2) is 23.8 Å². The number of allylic oxidation sites excluding steroid dienone is 3. The Morgan fingerprint density at radius 3 is 3.07 bits per heavy atom. The number of ether oxygens (including phenoxy) is 1. The molecule has 0 radical (unpaired) electrons. The van der Waals surface area contributed by atoms with Gasteiger partial charge < -0.3 is 9.84 Å². The van der Waals surface area contributed by atoms with Crippen LogP contribution < -0.4 is 0 Å². The Morgan fingerprint density at radius 2 is 2.36 bits per heavy atom. The summed E-state index contributed by atoms with van der Waals surface area (Å²) in [7, 11) is 1.52. The number of carbonyl (C=O) groups excluding carboxylic acids is 1. The Labute approximate surface area is 80.9 Å². The van der Waals surface area contributed by atoms with E-state index in [4.69, 9.17) is 4.74 Å². The molecule has 1 aliphatic carbocycles. The van der Waals surface area contributed by atoms with Gasteiger partial charge in [0.2, 0.25) is 0 Å². The molecule has 4 heteroatoms. The first-order valence-corrected chi connectivity index (χ1v) is 4.17. The van der Waals surface area contributed by atoms with Crippen molar-refractivity contribution in [1.29, 1.82) is 0 Å². The Bertz CT molecular complexity index is 402. The maximum absolute atomic E-state index is 11.0. The van der Waals surface area contributed by atoms with Crippen molar-refractivity contribution in [2.24, 2.45) is 10.9 Å². The first-order chi connectivity index (χ1) is 6.72. The zero-order valence-electron chi connectivity index (χ0n) is 7.60. The molecular formula is C10H9NO3. The van der Waals surface area contributed by atoms with Crippen LogP contribution in [0.25, 0.3) is 0 Å². The fraction of sp³-hybridized carbons (Fsp3) is 0.200. The van der Waals surface area contributed by atoms with Gasteiger partial charge in [0.1, 0.15) is 17.4 Å². The minimum atomic E-state index is -0.434. The fourth-order valence-corrected chi connectivity index (χ4v) is 1.53. The molecule has 0 bridgehead atoms. The van der Waals surface area contributed by atoms with Crippen molar-refractivity contribution in [3.8, 4) is 0 Å². The van der Waals surface area contributed by atoms with Crippen LogP contribution in [0.2, 0.25) is 0 Å². The minimum absolute atomic E-state index is 0.0162. The van der Waals surface area contributed by atoms with Crippen LogP contribution in [0.1, 0.15) is 0 Å². The molecule has 0 saturated carbocycles. The van der Waals surface area contributed by atoms with Gasteiger partial charge >= 0.3 is 0 Å². The molecule has 14 heavy (non-hydrogen) atoms. The standard InChI is InChI=1S/C10H9NO3/c1-14-8-4-2-3-6-10(8)7(12)5-9(13)11-6/h2-5,10,12H,1H3. The van der Waals surface area contributed by atoms with Crippen molar-refractivity contribution in [3.05, 3.63) is 35.8 Å². The lowest BCUT2D eigenvalue weighted by atomic mass is 9.92. The second-order valence-corrected chi connectivity index (χ2v) is 3.01. The maximum Gasteiger partial charge on any atom is 0.273 e. The van der Waals surface area contributed by atoms with E-state index >= 15 is 0 Å². The number of rotatable bonds is 1. The average molecular weight is 191 g/mol. The Balaban J connectivity index is 2.44. The summed E-state index contributed by atoms with van der Waals surface area (Å²) in [5.41, 5.74) is 0.523. The molecule has 1 unspecified atom stereocenters. The Kier molecular flexibility index (Phi) is 1.96. The summed E-state index contributed by atoms with van der Waals surface area (Å²) in [6.45, 7) is 0. The molecule has 0 spiro atoms. The molecule has 0 aromatic heterocycles. The van der Waals surface area contributed by atoms with Crippen LogP contribution in [0.5, 0.6) is 0 Å². The highest BCUT2D eigenvalue weighted by Gasteiger charge is 2.30. The van der Waals surface area contributed by atoms with Crippen molar-refractivity contribution < 1.29 is 14.6 Å². The molecule has 72 valence electrons. The van der Waals surface area contributed by atoms with Crippen LogP contribution in [0, 0.1) is 5.92 Å². The third kappa shape index (κ3) is 1.25. The quantitative estimate of drug-likeness (QED) is 0.675. The van der Waals surface area contributed by atoms with E-state index in [1.165, 1.54) is 7.11 Å². The zero-order chi connectivity index (χ0) is 10.1. The monoisotopic (exact) mass is 191 g/mol. The van der Waals surface area contributed by atoms with E-state index in [0.717, 1.165) is 6.08 Å². The van der Waals surface area contributed by atoms with Crippen molar-refractivity contribution in [3.63, 3.8) is 0 Å². The third-order valence-corrected chi connectivity index (χ3v) is 2.15.